The van der Waals surface area contributed by atoms with E-state index in [0.29, 0.717) is 16.7 Å². The molecule has 1 atom stereocenters. The summed E-state index contributed by atoms with van der Waals surface area (Å²) in [6.07, 6.45) is 3.64. The van der Waals surface area contributed by atoms with Gasteiger partial charge in [-0.25, -0.2) is 4.98 Å². The lowest BCUT2D eigenvalue weighted by atomic mass is 10.3. The van der Waals surface area contributed by atoms with Crippen molar-refractivity contribution in [3.63, 3.8) is 0 Å². The Hall–Kier alpha value is -2.93. The highest BCUT2D eigenvalue weighted by Crippen LogP contribution is 2.17. The van der Waals surface area contributed by atoms with Crippen LogP contribution in [-0.4, -0.2) is 39.5 Å². The minimum Gasteiger partial charge on any atom is -0.497 e. The second-order valence-electron chi connectivity index (χ2n) is 5.24. The van der Waals surface area contributed by atoms with E-state index in [-0.39, 0.29) is 18.7 Å². The molecule has 0 aliphatic heterocycles. The van der Waals surface area contributed by atoms with Crippen molar-refractivity contribution >= 4 is 10.9 Å². The largest absolute Gasteiger partial charge is 0.497 e. The number of aliphatic hydroxyl groups is 1. The molecule has 0 bridgehead atoms. The molecule has 2 aromatic heterocycles. The summed E-state index contributed by atoms with van der Waals surface area (Å²) in [6.45, 7) is 0.160. The maximum Gasteiger partial charge on any atom is 0.261 e. The van der Waals surface area contributed by atoms with Crippen LogP contribution in [-0.2, 0) is 6.54 Å². The summed E-state index contributed by atoms with van der Waals surface area (Å²) in [5.41, 5.74) is 0.314. The van der Waals surface area contributed by atoms with E-state index in [1.807, 2.05) is 0 Å². The van der Waals surface area contributed by atoms with Crippen LogP contribution in [0, 0.1) is 0 Å². The summed E-state index contributed by atoms with van der Waals surface area (Å²) in [7, 11) is 1.59. The van der Waals surface area contributed by atoms with Crippen LogP contribution in [0.2, 0.25) is 0 Å². The molecule has 0 aliphatic rings. The molecule has 0 spiro atoms. The summed E-state index contributed by atoms with van der Waals surface area (Å²) in [5, 5.41) is 10.6. The van der Waals surface area contributed by atoms with Crippen LogP contribution in [0.4, 0.5) is 0 Å². The molecule has 124 valence electrons. The third-order valence-corrected chi connectivity index (χ3v) is 3.54. The number of aliphatic hydroxyl groups excluding tert-OH is 1. The van der Waals surface area contributed by atoms with E-state index in [4.69, 9.17) is 9.47 Å². The van der Waals surface area contributed by atoms with Gasteiger partial charge in [0.25, 0.3) is 5.56 Å². The topological polar surface area (TPSA) is 86.5 Å². The summed E-state index contributed by atoms with van der Waals surface area (Å²) in [6, 6.07) is 8.66. The zero-order chi connectivity index (χ0) is 16.9. The first-order chi connectivity index (χ1) is 11.7. The summed E-state index contributed by atoms with van der Waals surface area (Å²) < 4.78 is 11.9. The SMILES string of the molecule is COc1ccc(OC[C@@H](O)Cn2cnc3cnccc3c2=O)cc1. The van der Waals surface area contributed by atoms with Crippen molar-refractivity contribution in [1.82, 2.24) is 14.5 Å². The van der Waals surface area contributed by atoms with Gasteiger partial charge in [0.2, 0.25) is 0 Å². The van der Waals surface area contributed by atoms with Crippen LogP contribution in [0.15, 0.2) is 53.8 Å². The number of ether oxygens (including phenoxy) is 2. The van der Waals surface area contributed by atoms with Gasteiger partial charge in [0.1, 0.15) is 24.2 Å². The first-order valence-corrected chi connectivity index (χ1v) is 7.41. The lowest BCUT2D eigenvalue weighted by Gasteiger charge is -2.14. The molecule has 0 amide bonds. The lowest BCUT2D eigenvalue weighted by molar-refractivity contribution is 0.0914. The van der Waals surface area contributed by atoms with E-state index in [2.05, 4.69) is 9.97 Å². The average Bonchev–Trinajstić information content (AvgIpc) is 2.63. The van der Waals surface area contributed by atoms with E-state index in [0.717, 1.165) is 5.75 Å². The highest BCUT2D eigenvalue weighted by molar-refractivity contribution is 5.75. The third-order valence-electron chi connectivity index (χ3n) is 3.54. The number of nitrogens with zero attached hydrogens (tertiary/aromatic N) is 3. The Labute approximate surface area is 138 Å². The minimum atomic E-state index is -0.842. The number of rotatable bonds is 6. The molecule has 0 unspecified atom stereocenters. The Morgan fingerprint density at radius 2 is 1.96 bits per heavy atom. The molecule has 3 aromatic rings. The van der Waals surface area contributed by atoms with Crippen LogP contribution < -0.4 is 15.0 Å². The fourth-order valence-corrected chi connectivity index (χ4v) is 2.28. The molecule has 0 saturated heterocycles. The van der Waals surface area contributed by atoms with Gasteiger partial charge in [-0.15, -0.1) is 0 Å². The van der Waals surface area contributed by atoms with Crippen LogP contribution in [0.25, 0.3) is 10.9 Å². The van der Waals surface area contributed by atoms with Gasteiger partial charge in [0.15, 0.2) is 0 Å². The molecule has 0 aliphatic carbocycles. The molecule has 1 aromatic carbocycles. The average molecular weight is 327 g/mol. The summed E-state index contributed by atoms with van der Waals surface area (Å²) in [4.78, 5) is 20.4. The maximum atomic E-state index is 12.3. The quantitative estimate of drug-likeness (QED) is 0.733. The Bertz CT molecular complexity index is 877. The Balaban J connectivity index is 1.65. The highest BCUT2D eigenvalue weighted by Gasteiger charge is 2.10. The van der Waals surface area contributed by atoms with Gasteiger partial charge in [-0.3, -0.25) is 14.3 Å². The monoisotopic (exact) mass is 327 g/mol. The predicted octanol–water partition coefficient (Wildman–Crippen LogP) is 1.24. The molecular formula is C17H17N3O4. The standard InChI is InChI=1S/C17H17N3O4/c1-23-13-2-4-14(5-3-13)24-10-12(21)9-20-11-19-16-8-18-7-6-15(16)17(20)22/h2-8,11-12,21H,9-10H2,1H3/t12-/m0/s1. The van der Waals surface area contributed by atoms with E-state index in [1.54, 1.807) is 43.6 Å². The van der Waals surface area contributed by atoms with Crippen molar-refractivity contribution in [3.8, 4) is 11.5 Å². The van der Waals surface area contributed by atoms with Crippen LogP contribution in [0.1, 0.15) is 0 Å². The van der Waals surface area contributed by atoms with E-state index in [9.17, 15) is 9.90 Å². The number of methoxy groups -OCH3 is 1. The molecule has 2 heterocycles. The van der Waals surface area contributed by atoms with Crippen molar-refractivity contribution in [3.05, 3.63) is 59.4 Å². The fourth-order valence-electron chi connectivity index (χ4n) is 2.28. The van der Waals surface area contributed by atoms with Crippen molar-refractivity contribution in [2.75, 3.05) is 13.7 Å². The van der Waals surface area contributed by atoms with E-state index >= 15 is 0 Å². The molecular weight excluding hydrogens is 310 g/mol. The number of aromatic nitrogens is 3. The van der Waals surface area contributed by atoms with E-state index < -0.39 is 6.10 Å². The normalized spacial score (nSPS) is 12.1. The molecule has 3 rings (SSSR count). The predicted molar refractivity (Wildman–Crippen MR) is 88.3 cm³/mol. The van der Waals surface area contributed by atoms with Gasteiger partial charge in [-0.2, -0.15) is 0 Å². The van der Waals surface area contributed by atoms with E-state index in [1.165, 1.54) is 17.1 Å². The Kier molecular flexibility index (Phi) is 4.72. The molecule has 0 radical (unpaired) electrons. The maximum absolute atomic E-state index is 12.3. The first kappa shape index (κ1) is 15.9. The van der Waals surface area contributed by atoms with Crippen LogP contribution >= 0.6 is 0 Å². The highest BCUT2D eigenvalue weighted by atomic mass is 16.5. The number of pyridine rings is 1. The fraction of sp³-hybridized carbons (Fsp3) is 0.235. The molecule has 24 heavy (non-hydrogen) atoms. The van der Waals surface area contributed by atoms with Crippen LogP contribution in [0.5, 0.6) is 11.5 Å². The number of hydrogen-bond acceptors (Lipinski definition) is 6. The second kappa shape index (κ2) is 7.10. The molecule has 7 nitrogen and oxygen atoms in total. The molecule has 0 saturated carbocycles. The Morgan fingerprint density at radius 3 is 2.71 bits per heavy atom. The number of fused-ring (bicyclic) bond motifs is 1. The smallest absolute Gasteiger partial charge is 0.261 e. The van der Waals surface area contributed by atoms with Gasteiger partial charge in [-0.1, -0.05) is 0 Å². The van der Waals surface area contributed by atoms with Crippen molar-refractivity contribution in [2.24, 2.45) is 0 Å². The number of benzene rings is 1. The third kappa shape index (κ3) is 3.52. The summed E-state index contributed by atoms with van der Waals surface area (Å²) >= 11 is 0. The Morgan fingerprint density at radius 1 is 1.21 bits per heavy atom. The molecule has 1 N–H and O–H groups in total. The molecule has 0 fully saturated rings. The van der Waals surface area contributed by atoms with Crippen molar-refractivity contribution in [2.45, 2.75) is 12.6 Å². The second-order valence-corrected chi connectivity index (χ2v) is 5.24. The lowest BCUT2D eigenvalue weighted by Crippen LogP contribution is -2.30. The zero-order valence-electron chi connectivity index (χ0n) is 13.1. The van der Waals surface area contributed by atoms with Gasteiger partial charge < -0.3 is 14.6 Å². The first-order valence-electron chi connectivity index (χ1n) is 7.41. The van der Waals surface area contributed by atoms with Gasteiger partial charge in [0.05, 0.1) is 37.1 Å². The van der Waals surface area contributed by atoms with Gasteiger partial charge in [0, 0.05) is 6.20 Å². The van der Waals surface area contributed by atoms with Crippen LogP contribution in [0.3, 0.4) is 0 Å². The van der Waals surface area contributed by atoms with Crippen molar-refractivity contribution < 1.29 is 14.6 Å². The minimum absolute atomic E-state index is 0.0626. The van der Waals surface area contributed by atoms with Gasteiger partial charge >= 0.3 is 0 Å². The van der Waals surface area contributed by atoms with Crippen molar-refractivity contribution in [1.29, 1.82) is 0 Å². The number of hydrogen-bond donors (Lipinski definition) is 1. The summed E-state index contributed by atoms with van der Waals surface area (Å²) in [5.74, 6) is 1.34. The molecule has 7 heteroatoms. The van der Waals surface area contributed by atoms with Gasteiger partial charge in [-0.05, 0) is 30.3 Å². The zero-order valence-corrected chi connectivity index (χ0v) is 13.1.